The van der Waals surface area contributed by atoms with Gasteiger partial charge >= 0.3 is 12.0 Å². The molecule has 106 valence electrons. The van der Waals surface area contributed by atoms with Crippen LogP contribution in [0.25, 0.3) is 0 Å². The third-order valence-electron chi connectivity index (χ3n) is 2.77. The molecule has 2 amide bonds. The Labute approximate surface area is 112 Å². The number of rotatable bonds is 7. The Morgan fingerprint density at radius 2 is 2.16 bits per heavy atom. The minimum Gasteiger partial charge on any atom is -0.480 e. The standard InChI is InChI=1S/C13H20N2O4/c1-3-4-6-10(12(16)17)15-13(18)14-9(2)11-7-5-8-19-11/h5,7-10H,3-4,6H2,1-2H3,(H,16,17)(H2,14,15,18)/t9?,10-/m0/s1. The zero-order valence-electron chi connectivity index (χ0n) is 11.2. The van der Waals surface area contributed by atoms with Gasteiger partial charge in [-0.1, -0.05) is 19.8 Å². The number of nitrogens with one attached hydrogen (secondary N) is 2. The number of urea groups is 1. The van der Waals surface area contributed by atoms with Gasteiger partial charge < -0.3 is 20.2 Å². The summed E-state index contributed by atoms with van der Waals surface area (Å²) in [5.74, 6) is -0.398. The van der Waals surface area contributed by atoms with E-state index in [0.29, 0.717) is 12.2 Å². The van der Waals surface area contributed by atoms with Crippen LogP contribution in [-0.4, -0.2) is 23.1 Å². The summed E-state index contributed by atoms with van der Waals surface area (Å²) in [5, 5.41) is 14.1. The van der Waals surface area contributed by atoms with Gasteiger partial charge in [0, 0.05) is 0 Å². The number of carbonyl (C=O) groups excluding carboxylic acids is 1. The van der Waals surface area contributed by atoms with Crippen molar-refractivity contribution in [3.05, 3.63) is 24.2 Å². The maximum atomic E-state index is 11.7. The van der Waals surface area contributed by atoms with E-state index in [1.807, 2.05) is 6.92 Å². The van der Waals surface area contributed by atoms with E-state index in [0.717, 1.165) is 12.8 Å². The lowest BCUT2D eigenvalue weighted by atomic mass is 10.1. The Hall–Kier alpha value is -1.98. The van der Waals surface area contributed by atoms with Crippen molar-refractivity contribution < 1.29 is 19.1 Å². The highest BCUT2D eigenvalue weighted by atomic mass is 16.4. The fraction of sp³-hybridized carbons (Fsp3) is 0.538. The maximum absolute atomic E-state index is 11.7. The molecule has 0 radical (unpaired) electrons. The lowest BCUT2D eigenvalue weighted by Crippen LogP contribution is -2.46. The van der Waals surface area contributed by atoms with Crippen molar-refractivity contribution in [1.29, 1.82) is 0 Å². The second-order valence-corrected chi connectivity index (χ2v) is 4.39. The van der Waals surface area contributed by atoms with Crippen LogP contribution in [0.1, 0.15) is 44.9 Å². The monoisotopic (exact) mass is 268 g/mol. The number of carboxylic acids is 1. The number of hydrogen-bond acceptors (Lipinski definition) is 3. The van der Waals surface area contributed by atoms with Gasteiger partial charge in [0.05, 0.1) is 12.3 Å². The van der Waals surface area contributed by atoms with Crippen LogP contribution < -0.4 is 10.6 Å². The Morgan fingerprint density at radius 1 is 1.42 bits per heavy atom. The molecule has 0 aromatic carbocycles. The number of furan rings is 1. The summed E-state index contributed by atoms with van der Waals surface area (Å²) in [4.78, 5) is 22.7. The highest BCUT2D eigenvalue weighted by Crippen LogP contribution is 2.11. The van der Waals surface area contributed by atoms with Gasteiger partial charge in [-0.2, -0.15) is 0 Å². The van der Waals surface area contributed by atoms with Crippen molar-refractivity contribution in [2.24, 2.45) is 0 Å². The number of aliphatic carboxylic acids is 1. The molecule has 0 fully saturated rings. The first kappa shape index (κ1) is 15.1. The molecule has 1 heterocycles. The summed E-state index contributed by atoms with van der Waals surface area (Å²) < 4.78 is 5.15. The van der Waals surface area contributed by atoms with E-state index >= 15 is 0 Å². The summed E-state index contributed by atoms with van der Waals surface area (Å²) in [6.07, 6.45) is 3.59. The van der Waals surface area contributed by atoms with Crippen LogP contribution >= 0.6 is 0 Å². The van der Waals surface area contributed by atoms with E-state index in [1.165, 1.54) is 6.26 Å². The van der Waals surface area contributed by atoms with Crippen molar-refractivity contribution in [3.63, 3.8) is 0 Å². The fourth-order valence-electron chi connectivity index (χ4n) is 1.67. The molecule has 1 unspecified atom stereocenters. The van der Waals surface area contributed by atoms with Crippen molar-refractivity contribution in [1.82, 2.24) is 10.6 Å². The first-order valence-electron chi connectivity index (χ1n) is 6.37. The molecule has 0 aliphatic heterocycles. The molecular weight excluding hydrogens is 248 g/mol. The minimum atomic E-state index is -1.02. The van der Waals surface area contributed by atoms with Crippen LogP contribution in [0.3, 0.4) is 0 Å². The fourth-order valence-corrected chi connectivity index (χ4v) is 1.67. The van der Waals surface area contributed by atoms with E-state index in [-0.39, 0.29) is 6.04 Å². The molecule has 6 nitrogen and oxygen atoms in total. The van der Waals surface area contributed by atoms with Gasteiger partial charge in [0.15, 0.2) is 0 Å². The van der Waals surface area contributed by atoms with Crippen molar-refractivity contribution in [2.45, 2.75) is 45.2 Å². The third-order valence-corrected chi connectivity index (χ3v) is 2.77. The quantitative estimate of drug-likeness (QED) is 0.707. The molecule has 0 bridgehead atoms. The normalized spacial score (nSPS) is 13.6. The molecule has 2 atom stereocenters. The number of hydrogen-bond donors (Lipinski definition) is 3. The molecule has 3 N–H and O–H groups in total. The lowest BCUT2D eigenvalue weighted by molar-refractivity contribution is -0.139. The second-order valence-electron chi connectivity index (χ2n) is 4.39. The van der Waals surface area contributed by atoms with Gasteiger partial charge in [-0.3, -0.25) is 0 Å². The van der Waals surface area contributed by atoms with Gasteiger partial charge in [-0.25, -0.2) is 9.59 Å². The Morgan fingerprint density at radius 3 is 2.68 bits per heavy atom. The van der Waals surface area contributed by atoms with Gasteiger partial charge in [-0.05, 0) is 25.5 Å². The smallest absolute Gasteiger partial charge is 0.326 e. The molecule has 0 saturated carbocycles. The molecule has 0 aliphatic rings. The molecule has 0 saturated heterocycles. The van der Waals surface area contributed by atoms with E-state index in [9.17, 15) is 9.59 Å². The second kappa shape index (κ2) is 7.45. The lowest BCUT2D eigenvalue weighted by Gasteiger charge is -2.17. The summed E-state index contributed by atoms with van der Waals surface area (Å²) in [5.41, 5.74) is 0. The van der Waals surface area contributed by atoms with E-state index < -0.39 is 18.0 Å². The van der Waals surface area contributed by atoms with Crippen molar-refractivity contribution in [3.8, 4) is 0 Å². The average Bonchev–Trinajstić information content (AvgIpc) is 2.87. The Bertz CT molecular complexity index is 403. The first-order chi connectivity index (χ1) is 9.04. The van der Waals surface area contributed by atoms with Crippen LogP contribution in [0.15, 0.2) is 22.8 Å². The molecule has 0 spiro atoms. The van der Waals surface area contributed by atoms with Gasteiger partial charge in [0.2, 0.25) is 0 Å². The maximum Gasteiger partial charge on any atom is 0.326 e. The van der Waals surface area contributed by atoms with Crippen LogP contribution in [0.5, 0.6) is 0 Å². The molecule has 1 rings (SSSR count). The summed E-state index contributed by atoms with van der Waals surface area (Å²) in [6.45, 7) is 3.73. The van der Waals surface area contributed by atoms with Crippen molar-refractivity contribution >= 4 is 12.0 Å². The Balaban J connectivity index is 2.46. The number of carbonyl (C=O) groups is 2. The van der Waals surface area contributed by atoms with Crippen LogP contribution in [-0.2, 0) is 4.79 Å². The molecular formula is C13H20N2O4. The molecule has 0 aliphatic carbocycles. The molecule has 1 aromatic rings. The zero-order valence-corrected chi connectivity index (χ0v) is 11.2. The minimum absolute atomic E-state index is 0.310. The van der Waals surface area contributed by atoms with Gasteiger partial charge in [0.25, 0.3) is 0 Å². The molecule has 1 aromatic heterocycles. The number of carboxylic acid groups (broad SMARTS) is 1. The topological polar surface area (TPSA) is 91.6 Å². The average molecular weight is 268 g/mol. The largest absolute Gasteiger partial charge is 0.480 e. The van der Waals surface area contributed by atoms with E-state index in [4.69, 9.17) is 9.52 Å². The first-order valence-corrected chi connectivity index (χ1v) is 6.37. The summed E-state index contributed by atoms with van der Waals surface area (Å²) in [6, 6.07) is 1.80. The predicted octanol–water partition coefficient (Wildman–Crippen LogP) is 2.28. The summed E-state index contributed by atoms with van der Waals surface area (Å²) in [7, 11) is 0. The highest BCUT2D eigenvalue weighted by molar-refractivity contribution is 5.82. The van der Waals surface area contributed by atoms with Gasteiger partial charge in [0.1, 0.15) is 11.8 Å². The van der Waals surface area contributed by atoms with Crippen LogP contribution in [0.2, 0.25) is 0 Å². The third kappa shape index (κ3) is 5.03. The van der Waals surface area contributed by atoms with Crippen LogP contribution in [0, 0.1) is 0 Å². The van der Waals surface area contributed by atoms with Crippen molar-refractivity contribution in [2.75, 3.05) is 0 Å². The summed E-state index contributed by atoms with van der Waals surface area (Å²) >= 11 is 0. The molecule has 6 heteroatoms. The highest BCUT2D eigenvalue weighted by Gasteiger charge is 2.20. The van der Waals surface area contributed by atoms with E-state index in [1.54, 1.807) is 19.1 Å². The SMILES string of the molecule is CCCC[C@H](NC(=O)NC(C)c1ccco1)C(=O)O. The zero-order chi connectivity index (χ0) is 14.3. The van der Waals surface area contributed by atoms with E-state index in [2.05, 4.69) is 10.6 Å². The van der Waals surface area contributed by atoms with Crippen LogP contribution in [0.4, 0.5) is 4.79 Å². The van der Waals surface area contributed by atoms with Gasteiger partial charge in [-0.15, -0.1) is 0 Å². The predicted molar refractivity (Wildman–Crippen MR) is 69.7 cm³/mol. The number of amides is 2. The molecule has 19 heavy (non-hydrogen) atoms. The Kier molecular flexibility index (Phi) is 5.92. The number of unbranched alkanes of at least 4 members (excludes halogenated alkanes) is 1.